The fraction of sp³-hybridized carbons (Fsp3) is 0.571. The number of hydrogen-bond acceptors (Lipinski definition) is 4. The van der Waals surface area contributed by atoms with E-state index in [-0.39, 0.29) is 10.9 Å². The van der Waals surface area contributed by atoms with Crippen molar-refractivity contribution in [1.29, 1.82) is 0 Å². The fourth-order valence-corrected chi connectivity index (χ4v) is 5.90. The SMILES string of the molecule is CCSC1CCCC1NS(=O)(=O)c1cc(Br)ccc1OC. The summed E-state index contributed by atoms with van der Waals surface area (Å²) in [4.78, 5) is 0.187. The largest absolute Gasteiger partial charge is 0.495 e. The number of methoxy groups -OCH3 is 1. The number of benzene rings is 1. The summed E-state index contributed by atoms with van der Waals surface area (Å²) in [7, 11) is -2.10. The van der Waals surface area contributed by atoms with Gasteiger partial charge >= 0.3 is 0 Å². The van der Waals surface area contributed by atoms with Crippen LogP contribution in [-0.4, -0.2) is 32.6 Å². The minimum atomic E-state index is -3.58. The van der Waals surface area contributed by atoms with Crippen molar-refractivity contribution >= 4 is 37.7 Å². The van der Waals surface area contributed by atoms with Crippen LogP contribution in [0, 0.1) is 0 Å². The Morgan fingerprint density at radius 2 is 2.19 bits per heavy atom. The van der Waals surface area contributed by atoms with E-state index in [1.165, 1.54) is 7.11 Å². The molecule has 118 valence electrons. The molecule has 1 N–H and O–H groups in total. The lowest BCUT2D eigenvalue weighted by Gasteiger charge is -2.21. The van der Waals surface area contributed by atoms with Gasteiger partial charge in [-0.25, -0.2) is 13.1 Å². The van der Waals surface area contributed by atoms with Crippen molar-refractivity contribution in [3.05, 3.63) is 22.7 Å². The normalized spacial score (nSPS) is 22.4. The first-order valence-corrected chi connectivity index (χ1v) is 10.3. The quantitative estimate of drug-likeness (QED) is 0.804. The van der Waals surface area contributed by atoms with E-state index in [2.05, 4.69) is 27.6 Å². The van der Waals surface area contributed by atoms with Gasteiger partial charge in [-0.05, 0) is 36.8 Å². The van der Waals surface area contributed by atoms with Crippen molar-refractivity contribution in [3.8, 4) is 5.75 Å². The van der Waals surface area contributed by atoms with Gasteiger partial charge in [-0.1, -0.05) is 29.3 Å². The minimum absolute atomic E-state index is 0.00337. The monoisotopic (exact) mass is 393 g/mol. The Morgan fingerprint density at radius 1 is 1.43 bits per heavy atom. The number of thioether (sulfide) groups is 1. The summed E-state index contributed by atoms with van der Waals surface area (Å²) in [5.74, 6) is 1.37. The molecule has 0 spiro atoms. The lowest BCUT2D eigenvalue weighted by atomic mass is 10.3. The highest BCUT2D eigenvalue weighted by atomic mass is 79.9. The smallest absolute Gasteiger partial charge is 0.244 e. The second-order valence-corrected chi connectivity index (χ2v) is 9.06. The van der Waals surface area contributed by atoms with E-state index in [0.29, 0.717) is 11.0 Å². The third-order valence-corrected chi connectivity index (χ3v) is 6.89. The van der Waals surface area contributed by atoms with Crippen LogP contribution in [0.25, 0.3) is 0 Å². The highest BCUT2D eigenvalue weighted by Crippen LogP contribution is 2.33. The molecule has 2 unspecified atom stereocenters. The molecule has 1 fully saturated rings. The molecule has 2 atom stereocenters. The van der Waals surface area contributed by atoms with Gasteiger partial charge in [0.05, 0.1) is 7.11 Å². The van der Waals surface area contributed by atoms with Gasteiger partial charge in [-0.2, -0.15) is 11.8 Å². The van der Waals surface area contributed by atoms with E-state index in [1.807, 2.05) is 11.8 Å². The standard InChI is InChI=1S/C14H20BrNO3S2/c1-3-20-13-6-4-5-11(13)16-21(17,18)14-9-10(15)7-8-12(14)19-2/h7-9,11,13,16H,3-6H2,1-2H3. The topological polar surface area (TPSA) is 55.4 Å². The molecule has 0 bridgehead atoms. The predicted molar refractivity (Wildman–Crippen MR) is 90.6 cm³/mol. The van der Waals surface area contributed by atoms with Crippen molar-refractivity contribution < 1.29 is 13.2 Å². The number of halogens is 1. The molecular formula is C14H20BrNO3S2. The summed E-state index contributed by atoms with van der Waals surface area (Å²) in [6.07, 6.45) is 3.04. The van der Waals surface area contributed by atoms with E-state index in [0.717, 1.165) is 29.5 Å². The maximum atomic E-state index is 12.6. The van der Waals surface area contributed by atoms with Gasteiger partial charge in [0.15, 0.2) is 0 Å². The van der Waals surface area contributed by atoms with Gasteiger partial charge in [-0.3, -0.25) is 0 Å². The zero-order chi connectivity index (χ0) is 15.5. The number of sulfonamides is 1. The van der Waals surface area contributed by atoms with Crippen LogP contribution in [0.15, 0.2) is 27.6 Å². The van der Waals surface area contributed by atoms with Crippen LogP contribution in [0.1, 0.15) is 26.2 Å². The Balaban J connectivity index is 2.24. The maximum Gasteiger partial charge on any atom is 0.244 e. The van der Waals surface area contributed by atoms with E-state index in [1.54, 1.807) is 18.2 Å². The first-order valence-electron chi connectivity index (χ1n) is 6.95. The van der Waals surface area contributed by atoms with Gasteiger partial charge < -0.3 is 4.74 Å². The van der Waals surface area contributed by atoms with Crippen molar-refractivity contribution in [2.75, 3.05) is 12.9 Å². The number of rotatable bonds is 6. The molecule has 0 aromatic heterocycles. The van der Waals surface area contributed by atoms with Gasteiger partial charge in [0.1, 0.15) is 10.6 Å². The first kappa shape index (κ1) is 17.1. The van der Waals surface area contributed by atoms with E-state index >= 15 is 0 Å². The molecule has 21 heavy (non-hydrogen) atoms. The number of ether oxygens (including phenoxy) is 1. The summed E-state index contributed by atoms with van der Waals surface area (Å²) >= 11 is 5.14. The molecule has 1 aromatic rings. The summed E-state index contributed by atoms with van der Waals surface area (Å²) in [5.41, 5.74) is 0. The molecule has 1 aliphatic carbocycles. The maximum absolute atomic E-state index is 12.6. The van der Waals surface area contributed by atoms with Gasteiger partial charge in [0, 0.05) is 15.8 Å². The lowest BCUT2D eigenvalue weighted by Crippen LogP contribution is -2.38. The Bertz CT molecular complexity index is 592. The summed E-state index contributed by atoms with van der Waals surface area (Å²) in [6, 6.07) is 5.01. The first-order chi connectivity index (χ1) is 9.97. The molecule has 1 aromatic carbocycles. The average molecular weight is 394 g/mol. The van der Waals surface area contributed by atoms with Crippen LogP contribution in [0.3, 0.4) is 0 Å². The van der Waals surface area contributed by atoms with E-state index < -0.39 is 10.0 Å². The third-order valence-electron chi connectivity index (χ3n) is 3.56. The summed E-state index contributed by atoms with van der Waals surface area (Å²) < 4.78 is 34.1. The zero-order valence-corrected chi connectivity index (χ0v) is 15.4. The van der Waals surface area contributed by atoms with Crippen molar-refractivity contribution in [2.24, 2.45) is 0 Å². The number of nitrogens with one attached hydrogen (secondary N) is 1. The van der Waals surface area contributed by atoms with Crippen molar-refractivity contribution in [3.63, 3.8) is 0 Å². The lowest BCUT2D eigenvalue weighted by molar-refractivity contribution is 0.402. The van der Waals surface area contributed by atoms with Gasteiger partial charge in [0.25, 0.3) is 0 Å². The molecule has 7 heteroatoms. The Hall–Kier alpha value is -0.240. The molecule has 0 saturated heterocycles. The van der Waals surface area contributed by atoms with Crippen LogP contribution in [0.2, 0.25) is 0 Å². The molecule has 1 aliphatic rings. The van der Waals surface area contributed by atoms with Crippen molar-refractivity contribution in [1.82, 2.24) is 4.72 Å². The third kappa shape index (κ3) is 4.15. The molecule has 1 saturated carbocycles. The fourth-order valence-electron chi connectivity index (χ4n) is 2.60. The van der Waals surface area contributed by atoms with Crippen LogP contribution >= 0.6 is 27.7 Å². The van der Waals surface area contributed by atoms with Crippen molar-refractivity contribution in [2.45, 2.75) is 42.4 Å². The van der Waals surface area contributed by atoms with E-state index in [4.69, 9.17) is 4.74 Å². The Kier molecular flexibility index (Phi) is 5.99. The molecule has 0 amide bonds. The second kappa shape index (κ2) is 7.35. The summed E-state index contributed by atoms with van der Waals surface area (Å²) in [5, 5.41) is 0.364. The molecule has 2 rings (SSSR count). The number of hydrogen-bond donors (Lipinski definition) is 1. The Labute approximate surface area is 139 Å². The molecule has 0 radical (unpaired) electrons. The average Bonchev–Trinajstić information content (AvgIpc) is 2.86. The van der Waals surface area contributed by atoms with E-state index in [9.17, 15) is 8.42 Å². The van der Waals surface area contributed by atoms with Crippen LogP contribution < -0.4 is 9.46 Å². The van der Waals surface area contributed by atoms with Gasteiger partial charge in [0.2, 0.25) is 10.0 Å². The predicted octanol–water partition coefficient (Wildman–Crippen LogP) is 3.41. The van der Waals surface area contributed by atoms with Gasteiger partial charge in [-0.15, -0.1) is 0 Å². The minimum Gasteiger partial charge on any atom is -0.495 e. The van der Waals surface area contributed by atoms with Crippen LogP contribution in [-0.2, 0) is 10.0 Å². The van der Waals surface area contributed by atoms with Crippen LogP contribution in [0.4, 0.5) is 0 Å². The molecule has 0 aliphatic heterocycles. The highest BCUT2D eigenvalue weighted by Gasteiger charge is 2.32. The second-order valence-electron chi connectivity index (χ2n) is 4.95. The molecule has 4 nitrogen and oxygen atoms in total. The zero-order valence-electron chi connectivity index (χ0n) is 12.1. The highest BCUT2D eigenvalue weighted by molar-refractivity contribution is 9.10. The summed E-state index contributed by atoms with van der Waals surface area (Å²) in [6.45, 7) is 2.10. The molecule has 0 heterocycles. The Morgan fingerprint density at radius 3 is 2.86 bits per heavy atom. The van der Waals surface area contributed by atoms with Crippen LogP contribution in [0.5, 0.6) is 5.75 Å². The molecular weight excluding hydrogens is 374 g/mol.